The maximum absolute atomic E-state index is 2.59. The summed E-state index contributed by atoms with van der Waals surface area (Å²) >= 11 is 0. The van der Waals surface area contributed by atoms with E-state index in [9.17, 15) is 0 Å². The van der Waals surface area contributed by atoms with Crippen LogP contribution >= 0.6 is 0 Å². The molecule has 1 fully saturated rings. The van der Waals surface area contributed by atoms with Gasteiger partial charge in [-0.1, -0.05) is 0 Å². The second kappa shape index (κ2) is 1.22. The van der Waals surface area contributed by atoms with Crippen molar-refractivity contribution in [3.63, 3.8) is 0 Å². The fourth-order valence-electron chi connectivity index (χ4n) is 4.61. The molecular weight excluding hydrogens is 150 g/mol. The van der Waals surface area contributed by atoms with Crippen LogP contribution in [0.5, 0.6) is 0 Å². The monoisotopic (exact) mass is 163 g/mol. The molecule has 4 heterocycles. The molecule has 4 atom stereocenters. The van der Waals surface area contributed by atoms with E-state index in [1.807, 2.05) is 0 Å². The van der Waals surface area contributed by atoms with Crippen molar-refractivity contribution in [1.29, 1.82) is 0 Å². The Hall–Kier alpha value is -0.600. The van der Waals surface area contributed by atoms with Gasteiger partial charge < -0.3 is 0 Å². The molecule has 3 heteroatoms. The molecule has 4 unspecified atom stereocenters. The zero-order valence-electron chi connectivity index (χ0n) is 7.06. The minimum Gasteiger partial charge on any atom is -0.190 e. The van der Waals surface area contributed by atoms with Crippen LogP contribution < -0.4 is 0 Å². The van der Waals surface area contributed by atoms with Crippen molar-refractivity contribution in [3.8, 4) is 0 Å². The number of nitrogens with zero attached hydrogens (tertiary/aromatic N) is 3. The van der Waals surface area contributed by atoms with Crippen LogP contribution in [0.25, 0.3) is 0 Å². The molecule has 0 spiro atoms. The van der Waals surface area contributed by atoms with Gasteiger partial charge in [0.05, 0.1) is 18.1 Å². The van der Waals surface area contributed by atoms with Gasteiger partial charge in [-0.25, -0.2) is 0 Å². The molecule has 0 amide bonds. The third-order valence-corrected chi connectivity index (χ3v) is 4.92. The van der Waals surface area contributed by atoms with Gasteiger partial charge in [-0.3, -0.25) is 0 Å². The molecule has 0 bridgehead atoms. The van der Waals surface area contributed by atoms with Crippen molar-refractivity contribution in [3.05, 3.63) is 0 Å². The zero-order valence-corrected chi connectivity index (χ0v) is 7.06. The molecule has 0 N–H and O–H groups in total. The van der Waals surface area contributed by atoms with E-state index in [1.54, 1.807) is 0 Å². The zero-order chi connectivity index (χ0) is 7.45. The Kier molecular flexibility index (Phi) is 0.530. The first-order valence-corrected chi connectivity index (χ1v) is 5.34. The first kappa shape index (κ1) is 5.20. The van der Waals surface area contributed by atoms with Gasteiger partial charge in [0.25, 0.3) is 0 Å². The number of hydrogen-bond donors (Lipinski definition) is 0. The molecule has 3 aliphatic heterocycles. The number of fused-ring (bicyclic) bond motifs is 2. The van der Waals surface area contributed by atoms with Crippen LogP contribution in [0, 0.1) is 11.8 Å². The Morgan fingerprint density at radius 1 is 0.667 bits per heavy atom. The second-order valence-electron chi connectivity index (χ2n) is 5.07. The third kappa shape index (κ3) is 0.295. The molecule has 1 aromatic rings. The number of rotatable bonds is 0. The molecule has 1 saturated carbocycles. The van der Waals surface area contributed by atoms with Crippen LogP contribution in [0.15, 0.2) is 0 Å². The predicted molar refractivity (Wildman–Crippen MR) is 43.0 cm³/mol. The normalized spacial score (nSPS) is 57.5. The smallest absolute Gasteiger partial charge is 0.0806 e. The van der Waals surface area contributed by atoms with E-state index in [4.69, 9.17) is 0 Å². The standard InChI is InChI=1S/C9H13N3/c1-2-6-8-4-3-7-5(1)9(6)12-10(7)11(8)12/h5-9H,1-4H2. The SMILES string of the molecule is C1CC2C3CCC4C1C2n1n4n13. The van der Waals surface area contributed by atoms with Crippen molar-refractivity contribution in [2.24, 2.45) is 11.8 Å². The molecule has 4 aliphatic rings. The summed E-state index contributed by atoms with van der Waals surface area (Å²) in [6, 6.07) is 2.82. The summed E-state index contributed by atoms with van der Waals surface area (Å²) in [5, 5.41) is 0. The van der Waals surface area contributed by atoms with Crippen LogP contribution in [-0.2, 0) is 0 Å². The lowest BCUT2D eigenvalue weighted by molar-refractivity contribution is 0.230. The number of aromatic nitrogens is 3. The quantitative estimate of drug-likeness (QED) is 0.551. The average molecular weight is 163 g/mol. The van der Waals surface area contributed by atoms with E-state index in [2.05, 4.69) is 14.4 Å². The van der Waals surface area contributed by atoms with E-state index >= 15 is 0 Å². The van der Waals surface area contributed by atoms with Crippen molar-refractivity contribution in [1.82, 2.24) is 14.4 Å². The Morgan fingerprint density at radius 2 is 1.25 bits per heavy atom. The lowest BCUT2D eigenvalue weighted by Gasteiger charge is -2.25. The Labute approximate surface area is 70.9 Å². The van der Waals surface area contributed by atoms with Gasteiger partial charge in [-0.15, -0.1) is 0 Å². The molecule has 5 rings (SSSR count). The van der Waals surface area contributed by atoms with Gasteiger partial charge in [0.2, 0.25) is 0 Å². The Balaban J connectivity index is 1.90. The number of hydrogen-bond acceptors (Lipinski definition) is 0. The molecule has 0 aromatic carbocycles. The first-order chi connectivity index (χ1) is 5.97. The highest BCUT2D eigenvalue weighted by molar-refractivity contribution is 5.11. The summed E-state index contributed by atoms with van der Waals surface area (Å²) < 4.78 is 0. The largest absolute Gasteiger partial charge is 0.190 e. The van der Waals surface area contributed by atoms with Crippen LogP contribution in [-0.4, -0.2) is 14.4 Å². The predicted octanol–water partition coefficient (Wildman–Crippen LogP) is 1.56. The summed E-state index contributed by atoms with van der Waals surface area (Å²) in [5.41, 5.74) is 0. The van der Waals surface area contributed by atoms with Crippen molar-refractivity contribution >= 4 is 0 Å². The van der Waals surface area contributed by atoms with E-state index in [1.165, 1.54) is 25.7 Å². The van der Waals surface area contributed by atoms with E-state index in [0.717, 1.165) is 30.0 Å². The van der Waals surface area contributed by atoms with Crippen molar-refractivity contribution in [2.75, 3.05) is 0 Å². The first-order valence-electron chi connectivity index (χ1n) is 5.34. The topological polar surface area (TPSA) is 14.8 Å². The van der Waals surface area contributed by atoms with Crippen LogP contribution in [0.4, 0.5) is 0 Å². The summed E-state index contributed by atoms with van der Waals surface area (Å²) in [4.78, 5) is 7.73. The van der Waals surface area contributed by atoms with Crippen molar-refractivity contribution < 1.29 is 0 Å². The second-order valence-corrected chi connectivity index (χ2v) is 5.07. The van der Waals surface area contributed by atoms with Crippen LogP contribution in [0.2, 0.25) is 0 Å². The van der Waals surface area contributed by atoms with Gasteiger partial charge in [0.15, 0.2) is 0 Å². The average Bonchev–Trinajstić information content (AvgIpc) is 2.42. The van der Waals surface area contributed by atoms with Gasteiger partial charge in [0.1, 0.15) is 0 Å². The maximum atomic E-state index is 2.59. The molecule has 12 heavy (non-hydrogen) atoms. The minimum atomic E-state index is 0.929. The fourth-order valence-corrected chi connectivity index (χ4v) is 4.61. The van der Waals surface area contributed by atoms with Gasteiger partial charge in [-0.2, -0.15) is 14.4 Å². The van der Waals surface area contributed by atoms with Crippen LogP contribution in [0.1, 0.15) is 43.8 Å². The Morgan fingerprint density at radius 3 is 1.83 bits per heavy atom. The van der Waals surface area contributed by atoms with E-state index < -0.39 is 0 Å². The van der Waals surface area contributed by atoms with Crippen LogP contribution in [0.3, 0.4) is 0 Å². The highest BCUT2D eigenvalue weighted by atomic mass is 16.0. The van der Waals surface area contributed by atoms with E-state index in [-0.39, 0.29) is 0 Å². The molecule has 1 aromatic heterocycles. The summed E-state index contributed by atoms with van der Waals surface area (Å²) in [7, 11) is 0. The lowest BCUT2D eigenvalue weighted by atomic mass is 9.93. The maximum Gasteiger partial charge on any atom is 0.0806 e. The van der Waals surface area contributed by atoms with Gasteiger partial charge in [0, 0.05) is 11.8 Å². The molecule has 0 saturated heterocycles. The third-order valence-electron chi connectivity index (χ3n) is 4.92. The van der Waals surface area contributed by atoms with E-state index in [0.29, 0.717) is 0 Å². The lowest BCUT2D eigenvalue weighted by Crippen LogP contribution is -2.22. The Bertz CT molecular complexity index is 336. The molecule has 3 nitrogen and oxygen atoms in total. The molecular formula is C9H13N3. The minimum absolute atomic E-state index is 0.929. The molecule has 1 aliphatic carbocycles. The summed E-state index contributed by atoms with van der Waals surface area (Å²) in [6.45, 7) is 0. The summed E-state index contributed by atoms with van der Waals surface area (Å²) in [5.74, 6) is 2.11. The fraction of sp³-hybridized carbons (Fsp3) is 1.00. The molecule has 64 valence electrons. The summed E-state index contributed by atoms with van der Waals surface area (Å²) in [6.07, 6.45) is 6.01. The van der Waals surface area contributed by atoms with Crippen molar-refractivity contribution in [2.45, 2.75) is 43.8 Å². The molecule has 0 radical (unpaired) electrons. The highest BCUT2D eigenvalue weighted by Crippen LogP contribution is 2.66. The van der Waals surface area contributed by atoms with Gasteiger partial charge >= 0.3 is 0 Å². The highest BCUT2D eigenvalue weighted by Gasteiger charge is 2.65. The van der Waals surface area contributed by atoms with Gasteiger partial charge in [-0.05, 0) is 25.7 Å².